The van der Waals surface area contributed by atoms with Gasteiger partial charge in [-0.05, 0) is 61.9 Å². The quantitative estimate of drug-likeness (QED) is 0.372. The summed E-state index contributed by atoms with van der Waals surface area (Å²) in [5, 5.41) is 4.54. The summed E-state index contributed by atoms with van der Waals surface area (Å²) in [6.07, 6.45) is 0. The zero-order chi connectivity index (χ0) is 23.9. The van der Waals surface area contributed by atoms with Crippen LogP contribution in [-0.4, -0.2) is 22.3 Å². The number of hydrogen-bond donors (Lipinski definition) is 0. The van der Waals surface area contributed by atoms with Crippen molar-refractivity contribution in [2.24, 2.45) is 0 Å². The van der Waals surface area contributed by atoms with Crippen molar-refractivity contribution in [3.63, 3.8) is 0 Å². The van der Waals surface area contributed by atoms with Gasteiger partial charge in [0.2, 0.25) is 0 Å². The highest BCUT2D eigenvalue weighted by Crippen LogP contribution is 2.23. The lowest BCUT2D eigenvalue weighted by atomic mass is 10.1. The minimum atomic E-state index is -0.793. The molecule has 0 aliphatic heterocycles. The largest absolute Gasteiger partial charge is 0.494 e. The van der Waals surface area contributed by atoms with Crippen LogP contribution in [0.3, 0.4) is 0 Å². The second-order valence-electron chi connectivity index (χ2n) is 7.88. The van der Waals surface area contributed by atoms with E-state index in [0.29, 0.717) is 18.8 Å². The third kappa shape index (κ3) is 5.23. The number of ether oxygens (including phenoxy) is 1. The van der Waals surface area contributed by atoms with E-state index in [1.54, 1.807) is 17.9 Å². The van der Waals surface area contributed by atoms with Crippen LogP contribution in [0.25, 0.3) is 11.3 Å². The van der Waals surface area contributed by atoms with Crippen LogP contribution in [0.5, 0.6) is 5.75 Å². The molecule has 0 N–H and O–H groups in total. The second-order valence-corrected chi connectivity index (χ2v) is 7.88. The van der Waals surface area contributed by atoms with E-state index in [0.717, 1.165) is 22.6 Å². The lowest BCUT2D eigenvalue weighted by Gasteiger charge is -2.26. The normalized spacial score (nSPS) is 11.6. The highest BCUT2D eigenvalue weighted by Gasteiger charge is 2.25. The Hall–Kier alpha value is -4.19. The van der Waals surface area contributed by atoms with Gasteiger partial charge >= 0.3 is 0 Å². The summed E-state index contributed by atoms with van der Waals surface area (Å²) in [4.78, 5) is 28.1. The van der Waals surface area contributed by atoms with Crippen molar-refractivity contribution in [1.29, 1.82) is 0 Å². The molecule has 1 unspecified atom stereocenters. The number of carbonyl (C=O) groups excluding carboxylic acids is 1. The van der Waals surface area contributed by atoms with Crippen molar-refractivity contribution in [3.8, 4) is 17.0 Å². The third-order valence-corrected chi connectivity index (χ3v) is 5.53. The molecule has 4 aromatic rings. The van der Waals surface area contributed by atoms with E-state index in [1.165, 1.54) is 10.7 Å². The van der Waals surface area contributed by atoms with E-state index < -0.39 is 6.04 Å². The Bertz CT molecular complexity index is 1290. The first-order valence-corrected chi connectivity index (χ1v) is 11.3. The highest BCUT2D eigenvalue weighted by atomic mass is 16.5. The molecule has 6 nitrogen and oxygen atoms in total. The molecule has 0 saturated heterocycles. The summed E-state index contributed by atoms with van der Waals surface area (Å²) < 4.78 is 6.76. The fraction of sp³-hybridized carbons (Fsp3) is 0.179. The number of aromatic nitrogens is 2. The number of hydrogen-bond acceptors (Lipinski definition) is 4. The molecule has 1 aromatic heterocycles. The predicted octanol–water partition coefficient (Wildman–Crippen LogP) is 5.10. The number of para-hydroxylation sites is 1. The van der Waals surface area contributed by atoms with Crippen molar-refractivity contribution in [2.45, 2.75) is 26.4 Å². The number of amides is 1. The van der Waals surface area contributed by atoms with Gasteiger partial charge in [0, 0.05) is 17.3 Å². The summed E-state index contributed by atoms with van der Waals surface area (Å²) in [7, 11) is 0. The third-order valence-electron chi connectivity index (χ3n) is 5.53. The van der Waals surface area contributed by atoms with Gasteiger partial charge in [-0.3, -0.25) is 9.59 Å². The minimum absolute atomic E-state index is 0.214. The molecule has 1 heterocycles. The molecule has 34 heavy (non-hydrogen) atoms. The monoisotopic (exact) mass is 453 g/mol. The Balaban J connectivity index is 1.65. The molecule has 0 aliphatic carbocycles. The molecule has 172 valence electrons. The summed E-state index contributed by atoms with van der Waals surface area (Å²) in [6.45, 7) is 4.62. The van der Waals surface area contributed by atoms with Crippen molar-refractivity contribution < 1.29 is 9.53 Å². The van der Waals surface area contributed by atoms with Crippen LogP contribution in [0.2, 0.25) is 0 Å². The molecule has 1 atom stereocenters. The van der Waals surface area contributed by atoms with Crippen molar-refractivity contribution in [2.75, 3.05) is 11.5 Å². The van der Waals surface area contributed by atoms with Crippen LogP contribution in [-0.2, 0) is 11.3 Å². The molecule has 0 saturated carbocycles. The molecule has 0 radical (unpaired) electrons. The van der Waals surface area contributed by atoms with Gasteiger partial charge in [-0.1, -0.05) is 48.5 Å². The Morgan fingerprint density at radius 2 is 1.56 bits per heavy atom. The Morgan fingerprint density at radius 3 is 2.21 bits per heavy atom. The first-order valence-electron chi connectivity index (χ1n) is 11.3. The Morgan fingerprint density at radius 1 is 0.912 bits per heavy atom. The van der Waals surface area contributed by atoms with Crippen LogP contribution >= 0.6 is 0 Å². The van der Waals surface area contributed by atoms with Crippen molar-refractivity contribution in [3.05, 3.63) is 113 Å². The minimum Gasteiger partial charge on any atom is -0.494 e. The van der Waals surface area contributed by atoms with Gasteiger partial charge in [-0.2, -0.15) is 5.10 Å². The Labute approximate surface area is 199 Å². The first-order chi connectivity index (χ1) is 16.6. The van der Waals surface area contributed by atoms with E-state index >= 15 is 0 Å². The summed E-state index contributed by atoms with van der Waals surface area (Å²) in [5.41, 5.74) is 2.87. The molecule has 1 amide bonds. The maximum atomic E-state index is 13.7. The number of carbonyl (C=O) groups is 1. The van der Waals surface area contributed by atoms with Crippen LogP contribution in [0.1, 0.15) is 25.5 Å². The van der Waals surface area contributed by atoms with Gasteiger partial charge in [0.25, 0.3) is 11.5 Å². The van der Waals surface area contributed by atoms with Gasteiger partial charge in [-0.15, -0.1) is 0 Å². The van der Waals surface area contributed by atoms with Crippen LogP contribution in [0.15, 0.2) is 102 Å². The molecule has 0 aliphatic rings. The van der Waals surface area contributed by atoms with Gasteiger partial charge in [-0.25, -0.2) is 4.68 Å². The fourth-order valence-corrected chi connectivity index (χ4v) is 3.75. The second kappa shape index (κ2) is 10.6. The number of nitrogens with zero attached hydrogens (tertiary/aromatic N) is 3. The zero-order valence-corrected chi connectivity index (χ0v) is 19.3. The van der Waals surface area contributed by atoms with E-state index in [4.69, 9.17) is 4.74 Å². The smallest absolute Gasteiger partial charge is 0.267 e. The molecular formula is C28H27N3O3. The highest BCUT2D eigenvalue weighted by molar-refractivity contribution is 5.95. The summed E-state index contributed by atoms with van der Waals surface area (Å²) in [6, 6.07) is 29.1. The van der Waals surface area contributed by atoms with Crippen molar-refractivity contribution in [1.82, 2.24) is 9.78 Å². The maximum absolute atomic E-state index is 13.7. The molecule has 0 fully saturated rings. The van der Waals surface area contributed by atoms with Gasteiger partial charge < -0.3 is 9.64 Å². The van der Waals surface area contributed by atoms with Crippen molar-refractivity contribution >= 4 is 11.6 Å². The van der Waals surface area contributed by atoms with Gasteiger partial charge in [0.05, 0.1) is 18.8 Å². The summed E-state index contributed by atoms with van der Waals surface area (Å²) >= 11 is 0. The zero-order valence-electron chi connectivity index (χ0n) is 19.3. The standard InChI is InChI=1S/C28H27N3O3/c1-3-34-25-16-14-23(15-17-25)26-18-19-27(32)31(29-26)21(2)28(33)30(24-12-8-5-9-13-24)20-22-10-6-4-7-11-22/h4-19,21H,3,20H2,1-2H3. The van der Waals surface area contributed by atoms with Crippen LogP contribution in [0, 0.1) is 0 Å². The molecule has 6 heteroatoms. The predicted molar refractivity (Wildman–Crippen MR) is 134 cm³/mol. The average Bonchev–Trinajstić information content (AvgIpc) is 2.88. The SMILES string of the molecule is CCOc1ccc(-c2ccc(=O)n(C(C)C(=O)N(Cc3ccccc3)c3ccccc3)n2)cc1. The van der Waals surface area contributed by atoms with Crippen LogP contribution in [0.4, 0.5) is 5.69 Å². The summed E-state index contributed by atoms with van der Waals surface area (Å²) in [5.74, 6) is 0.552. The van der Waals surface area contributed by atoms with Gasteiger partial charge in [0.15, 0.2) is 0 Å². The van der Waals surface area contributed by atoms with E-state index in [-0.39, 0.29) is 11.5 Å². The average molecular weight is 454 g/mol. The Kier molecular flexibility index (Phi) is 7.18. The first kappa shape index (κ1) is 23.0. The number of benzene rings is 3. The topological polar surface area (TPSA) is 64.4 Å². The van der Waals surface area contributed by atoms with Crippen LogP contribution < -0.4 is 15.2 Å². The maximum Gasteiger partial charge on any atom is 0.267 e. The van der Waals surface area contributed by atoms with E-state index in [9.17, 15) is 9.59 Å². The lowest BCUT2D eigenvalue weighted by Crippen LogP contribution is -2.40. The fourth-order valence-electron chi connectivity index (χ4n) is 3.75. The number of rotatable bonds is 8. The lowest BCUT2D eigenvalue weighted by molar-refractivity contribution is -0.121. The molecule has 0 bridgehead atoms. The number of anilines is 1. The van der Waals surface area contributed by atoms with E-state index in [1.807, 2.05) is 91.9 Å². The molecule has 3 aromatic carbocycles. The molecule has 0 spiro atoms. The molecular weight excluding hydrogens is 426 g/mol. The molecule has 4 rings (SSSR count). The van der Waals surface area contributed by atoms with E-state index in [2.05, 4.69) is 5.10 Å². The van der Waals surface area contributed by atoms with Gasteiger partial charge in [0.1, 0.15) is 11.8 Å².